The number of carbonyl (C=O) groups is 1. The SMILES string of the molecule is NCCCc1cnc(-c2ccc(CCCCNC(=O)OCc3ccccc3)cc2)s1. The van der Waals surface area contributed by atoms with Gasteiger partial charge in [-0.15, -0.1) is 11.3 Å². The fourth-order valence-electron chi connectivity index (χ4n) is 3.07. The normalized spacial score (nSPS) is 10.7. The minimum atomic E-state index is -0.363. The summed E-state index contributed by atoms with van der Waals surface area (Å²) in [6.45, 7) is 1.63. The minimum absolute atomic E-state index is 0.298. The number of aromatic nitrogens is 1. The zero-order valence-corrected chi connectivity index (χ0v) is 18.0. The van der Waals surface area contributed by atoms with Gasteiger partial charge in [0.2, 0.25) is 0 Å². The molecule has 0 fully saturated rings. The molecular weight excluding hydrogens is 394 g/mol. The molecule has 0 radical (unpaired) electrons. The van der Waals surface area contributed by atoms with Crippen LogP contribution < -0.4 is 11.1 Å². The maximum absolute atomic E-state index is 11.7. The molecule has 3 aromatic rings. The fraction of sp³-hybridized carbons (Fsp3) is 0.333. The third kappa shape index (κ3) is 7.28. The molecule has 0 aliphatic carbocycles. The zero-order chi connectivity index (χ0) is 21.0. The molecule has 0 saturated heterocycles. The highest BCUT2D eigenvalue weighted by Gasteiger charge is 2.05. The molecule has 30 heavy (non-hydrogen) atoms. The van der Waals surface area contributed by atoms with Gasteiger partial charge in [-0.2, -0.15) is 0 Å². The molecule has 0 atom stereocenters. The van der Waals surface area contributed by atoms with E-state index in [1.807, 2.05) is 36.5 Å². The van der Waals surface area contributed by atoms with E-state index in [2.05, 4.69) is 34.6 Å². The van der Waals surface area contributed by atoms with E-state index in [0.29, 0.717) is 19.7 Å². The second kappa shape index (κ2) is 12.1. The van der Waals surface area contributed by atoms with Crippen molar-refractivity contribution < 1.29 is 9.53 Å². The lowest BCUT2D eigenvalue weighted by Gasteiger charge is -2.07. The highest BCUT2D eigenvalue weighted by Crippen LogP contribution is 2.26. The van der Waals surface area contributed by atoms with Crippen molar-refractivity contribution in [2.24, 2.45) is 5.73 Å². The Morgan fingerprint density at radius 3 is 2.53 bits per heavy atom. The molecule has 0 spiro atoms. The molecular formula is C24H29N3O2S. The highest BCUT2D eigenvalue weighted by molar-refractivity contribution is 7.15. The van der Waals surface area contributed by atoms with Gasteiger partial charge in [-0.25, -0.2) is 9.78 Å². The second-order valence-electron chi connectivity index (χ2n) is 7.17. The van der Waals surface area contributed by atoms with Gasteiger partial charge in [-0.1, -0.05) is 54.6 Å². The van der Waals surface area contributed by atoms with Gasteiger partial charge >= 0.3 is 6.09 Å². The van der Waals surface area contributed by atoms with Crippen LogP contribution in [0.2, 0.25) is 0 Å². The van der Waals surface area contributed by atoms with Crippen molar-refractivity contribution in [1.29, 1.82) is 0 Å². The summed E-state index contributed by atoms with van der Waals surface area (Å²) in [7, 11) is 0. The number of nitrogens with zero attached hydrogens (tertiary/aromatic N) is 1. The summed E-state index contributed by atoms with van der Waals surface area (Å²) in [5, 5.41) is 3.87. The number of carbonyl (C=O) groups excluding carboxylic acids is 1. The first-order chi connectivity index (χ1) is 14.7. The van der Waals surface area contributed by atoms with E-state index >= 15 is 0 Å². The van der Waals surface area contributed by atoms with E-state index in [4.69, 9.17) is 10.5 Å². The van der Waals surface area contributed by atoms with E-state index in [1.165, 1.54) is 10.4 Å². The molecule has 2 aromatic carbocycles. The number of rotatable bonds is 11. The van der Waals surface area contributed by atoms with E-state index in [0.717, 1.165) is 48.2 Å². The van der Waals surface area contributed by atoms with Crippen LogP contribution in [0.5, 0.6) is 0 Å². The molecule has 1 heterocycles. The van der Waals surface area contributed by atoms with Crippen LogP contribution in [0.1, 0.15) is 35.3 Å². The number of nitrogens with one attached hydrogen (secondary N) is 1. The zero-order valence-electron chi connectivity index (χ0n) is 17.2. The predicted octanol–water partition coefficient (Wildman–Crippen LogP) is 4.95. The Hall–Kier alpha value is -2.70. The summed E-state index contributed by atoms with van der Waals surface area (Å²) in [5.41, 5.74) is 9.02. The smallest absolute Gasteiger partial charge is 0.407 e. The van der Waals surface area contributed by atoms with Crippen LogP contribution >= 0.6 is 11.3 Å². The lowest BCUT2D eigenvalue weighted by molar-refractivity contribution is 0.139. The van der Waals surface area contributed by atoms with Crippen molar-refractivity contribution in [1.82, 2.24) is 10.3 Å². The van der Waals surface area contributed by atoms with Gasteiger partial charge < -0.3 is 15.8 Å². The molecule has 1 amide bonds. The first-order valence-electron chi connectivity index (χ1n) is 10.4. The van der Waals surface area contributed by atoms with E-state index < -0.39 is 0 Å². The molecule has 0 bridgehead atoms. The summed E-state index contributed by atoms with van der Waals surface area (Å²) in [5.74, 6) is 0. The number of nitrogens with two attached hydrogens (primary N) is 1. The first-order valence-corrected chi connectivity index (χ1v) is 11.2. The van der Waals surface area contributed by atoms with Crippen LogP contribution in [0.3, 0.4) is 0 Å². The summed E-state index contributed by atoms with van der Waals surface area (Å²) < 4.78 is 5.21. The molecule has 6 heteroatoms. The van der Waals surface area contributed by atoms with Crippen LogP contribution in [0.15, 0.2) is 60.8 Å². The van der Waals surface area contributed by atoms with E-state index in [9.17, 15) is 4.79 Å². The third-order valence-corrected chi connectivity index (χ3v) is 5.86. The highest BCUT2D eigenvalue weighted by atomic mass is 32.1. The first kappa shape index (κ1) is 22.0. The van der Waals surface area contributed by atoms with Crippen molar-refractivity contribution in [3.8, 4) is 10.6 Å². The number of aryl methyl sites for hydroxylation is 2. The van der Waals surface area contributed by atoms with Crippen LogP contribution in [-0.4, -0.2) is 24.2 Å². The fourth-order valence-corrected chi connectivity index (χ4v) is 4.03. The maximum atomic E-state index is 11.7. The number of thiazole rings is 1. The molecule has 0 aliphatic heterocycles. The molecule has 0 aliphatic rings. The molecule has 3 rings (SSSR count). The number of hydrogen-bond acceptors (Lipinski definition) is 5. The third-order valence-electron chi connectivity index (χ3n) is 4.76. The molecule has 1 aromatic heterocycles. The van der Waals surface area contributed by atoms with Gasteiger partial charge in [0.05, 0.1) is 0 Å². The largest absolute Gasteiger partial charge is 0.445 e. The average Bonchev–Trinajstić information content (AvgIpc) is 3.26. The number of unbranched alkanes of at least 4 members (excludes halogenated alkanes) is 1. The lowest BCUT2D eigenvalue weighted by atomic mass is 10.1. The molecule has 0 unspecified atom stereocenters. The molecule has 5 nitrogen and oxygen atoms in total. The Labute approximate surface area is 182 Å². The second-order valence-corrected chi connectivity index (χ2v) is 8.28. The van der Waals surface area contributed by atoms with Crippen molar-refractivity contribution in [3.63, 3.8) is 0 Å². The topological polar surface area (TPSA) is 77.2 Å². The number of hydrogen-bond donors (Lipinski definition) is 2. The van der Waals surface area contributed by atoms with Gasteiger partial charge in [0.15, 0.2) is 0 Å². The molecule has 3 N–H and O–H groups in total. The van der Waals surface area contributed by atoms with Gasteiger partial charge in [0.1, 0.15) is 11.6 Å². The van der Waals surface area contributed by atoms with Crippen molar-refractivity contribution in [3.05, 3.63) is 76.8 Å². The van der Waals surface area contributed by atoms with E-state index in [1.54, 1.807) is 11.3 Å². The monoisotopic (exact) mass is 423 g/mol. The van der Waals surface area contributed by atoms with E-state index in [-0.39, 0.29) is 6.09 Å². The van der Waals surface area contributed by atoms with Crippen LogP contribution in [-0.2, 0) is 24.2 Å². The number of amides is 1. The average molecular weight is 424 g/mol. The summed E-state index contributed by atoms with van der Waals surface area (Å²) in [4.78, 5) is 17.6. The van der Waals surface area contributed by atoms with Gasteiger partial charge in [0.25, 0.3) is 0 Å². The van der Waals surface area contributed by atoms with Gasteiger partial charge in [-0.3, -0.25) is 0 Å². The van der Waals surface area contributed by atoms with Gasteiger partial charge in [-0.05, 0) is 49.8 Å². The Balaban J connectivity index is 1.32. The number of benzene rings is 2. The minimum Gasteiger partial charge on any atom is -0.445 e. The van der Waals surface area contributed by atoms with Crippen molar-refractivity contribution >= 4 is 17.4 Å². The van der Waals surface area contributed by atoms with Crippen LogP contribution in [0.4, 0.5) is 4.79 Å². The summed E-state index contributed by atoms with van der Waals surface area (Å²) in [6, 6.07) is 18.3. The molecule has 158 valence electrons. The quantitative estimate of drug-likeness (QED) is 0.428. The lowest BCUT2D eigenvalue weighted by Crippen LogP contribution is -2.25. The van der Waals surface area contributed by atoms with Gasteiger partial charge in [0, 0.05) is 23.2 Å². The number of alkyl carbamates (subject to hydrolysis) is 1. The Bertz CT molecular complexity index is 894. The standard InChI is InChI=1S/C24H29N3O2S/c25-15-6-10-22-17-27-23(30-22)21-13-11-19(12-14-21)7-4-5-16-26-24(28)29-18-20-8-2-1-3-9-20/h1-3,8-9,11-14,17H,4-7,10,15-16,18,25H2,(H,26,28). The number of ether oxygens (including phenoxy) is 1. The van der Waals surface area contributed by atoms with Crippen LogP contribution in [0, 0.1) is 0 Å². The van der Waals surface area contributed by atoms with Crippen molar-refractivity contribution in [2.45, 2.75) is 38.7 Å². The Morgan fingerprint density at radius 1 is 0.967 bits per heavy atom. The van der Waals surface area contributed by atoms with Crippen molar-refractivity contribution in [2.75, 3.05) is 13.1 Å². The Kier molecular flexibility index (Phi) is 8.87. The maximum Gasteiger partial charge on any atom is 0.407 e. The Morgan fingerprint density at radius 2 is 1.77 bits per heavy atom. The predicted molar refractivity (Wildman–Crippen MR) is 122 cm³/mol. The van der Waals surface area contributed by atoms with Crippen LogP contribution in [0.25, 0.3) is 10.6 Å². The molecule has 0 saturated carbocycles. The summed E-state index contributed by atoms with van der Waals surface area (Å²) in [6.07, 6.45) is 6.51. The summed E-state index contributed by atoms with van der Waals surface area (Å²) >= 11 is 1.74.